The quantitative estimate of drug-likeness (QED) is 0.665. The Balaban J connectivity index is 1.81. The van der Waals surface area contributed by atoms with Crippen LogP contribution in [0.25, 0.3) is 5.69 Å². The molecule has 0 aliphatic rings. The van der Waals surface area contributed by atoms with Crippen LogP contribution in [0.15, 0.2) is 71.8 Å². The topological polar surface area (TPSA) is 105 Å². The zero-order valence-electron chi connectivity index (χ0n) is 15.2. The highest BCUT2D eigenvalue weighted by molar-refractivity contribution is 5.64. The fourth-order valence-electron chi connectivity index (χ4n) is 2.41. The van der Waals surface area contributed by atoms with Crippen LogP contribution in [0.2, 0.25) is 0 Å². The number of pyridine rings is 1. The van der Waals surface area contributed by atoms with Gasteiger partial charge in [0.05, 0.1) is 18.6 Å². The molecular formula is C20H16FN5O3. The Hall–Kier alpha value is -4.19. The molecule has 146 valence electrons. The molecule has 2 aromatic heterocycles. The second-order valence-electron chi connectivity index (χ2n) is 5.86. The molecule has 3 rings (SSSR count). The summed E-state index contributed by atoms with van der Waals surface area (Å²) < 4.78 is 19.9. The van der Waals surface area contributed by atoms with Gasteiger partial charge in [0, 0.05) is 29.1 Å². The first-order valence-electron chi connectivity index (χ1n) is 8.44. The summed E-state index contributed by atoms with van der Waals surface area (Å²) in [6.45, 7) is -0.555. The van der Waals surface area contributed by atoms with Crippen molar-refractivity contribution >= 4 is 6.09 Å². The highest BCUT2D eigenvalue weighted by Gasteiger charge is 2.10. The first-order chi connectivity index (χ1) is 14.1. The molecule has 0 aliphatic carbocycles. The van der Waals surface area contributed by atoms with Crippen molar-refractivity contribution < 1.29 is 13.9 Å². The van der Waals surface area contributed by atoms with Crippen molar-refractivity contribution in [3.63, 3.8) is 0 Å². The Labute approximate surface area is 165 Å². The average Bonchev–Trinajstić information content (AvgIpc) is 3.10. The lowest BCUT2D eigenvalue weighted by atomic mass is 10.2. The van der Waals surface area contributed by atoms with E-state index in [-0.39, 0.29) is 25.1 Å². The molecule has 9 heteroatoms. The van der Waals surface area contributed by atoms with Crippen LogP contribution >= 0.6 is 0 Å². The third-order valence-corrected chi connectivity index (χ3v) is 3.78. The van der Waals surface area contributed by atoms with E-state index in [2.05, 4.69) is 26.7 Å². The lowest BCUT2D eigenvalue weighted by molar-refractivity contribution is 0.164. The molecule has 0 bridgehead atoms. The largest absolute Gasteiger partial charge is 0.445 e. The van der Waals surface area contributed by atoms with E-state index < -0.39 is 11.8 Å². The Morgan fingerprint density at radius 2 is 2.03 bits per heavy atom. The summed E-state index contributed by atoms with van der Waals surface area (Å²) in [5, 5.41) is 3.97. The highest BCUT2D eigenvalue weighted by Crippen LogP contribution is 2.08. The maximum atomic E-state index is 13.0. The molecule has 29 heavy (non-hydrogen) atoms. The summed E-state index contributed by atoms with van der Waals surface area (Å²) >= 11 is 0. The molecule has 1 aromatic carbocycles. The SMILES string of the molecule is NC(=O)OCC(=CF)Cn1ncn(-c2cccc(C#Cc3cccnc3)c2)c1=O. The summed E-state index contributed by atoms with van der Waals surface area (Å²) in [4.78, 5) is 27.2. The second-order valence-corrected chi connectivity index (χ2v) is 5.86. The van der Waals surface area contributed by atoms with E-state index >= 15 is 0 Å². The normalized spacial score (nSPS) is 10.9. The summed E-state index contributed by atoms with van der Waals surface area (Å²) in [6.07, 6.45) is 3.86. The number of hydrogen-bond acceptors (Lipinski definition) is 5. The van der Waals surface area contributed by atoms with Gasteiger partial charge >= 0.3 is 11.8 Å². The van der Waals surface area contributed by atoms with Crippen molar-refractivity contribution in [2.24, 2.45) is 5.73 Å². The monoisotopic (exact) mass is 393 g/mol. The fraction of sp³-hybridized carbons (Fsp3) is 0.100. The van der Waals surface area contributed by atoms with Gasteiger partial charge in [0.15, 0.2) is 0 Å². The van der Waals surface area contributed by atoms with Crippen molar-refractivity contribution in [1.82, 2.24) is 19.3 Å². The van der Waals surface area contributed by atoms with Crippen LogP contribution in [0.5, 0.6) is 0 Å². The number of halogens is 1. The van der Waals surface area contributed by atoms with E-state index in [9.17, 15) is 14.0 Å². The third-order valence-electron chi connectivity index (χ3n) is 3.78. The van der Waals surface area contributed by atoms with Crippen molar-refractivity contribution in [3.05, 3.63) is 88.6 Å². The summed E-state index contributed by atoms with van der Waals surface area (Å²) in [5.41, 5.74) is 6.43. The molecule has 0 saturated heterocycles. The van der Waals surface area contributed by atoms with Crippen LogP contribution in [-0.4, -0.2) is 32.0 Å². The lowest BCUT2D eigenvalue weighted by Crippen LogP contribution is -2.26. The minimum absolute atomic E-state index is 0.0345. The molecule has 0 fully saturated rings. The number of hydrogen-bond donors (Lipinski definition) is 1. The van der Waals surface area contributed by atoms with E-state index in [0.717, 1.165) is 10.2 Å². The van der Waals surface area contributed by atoms with Gasteiger partial charge in [-0.25, -0.2) is 23.2 Å². The molecule has 2 heterocycles. The molecule has 3 aromatic rings. The minimum atomic E-state index is -1.04. The van der Waals surface area contributed by atoms with E-state index in [1.54, 1.807) is 36.7 Å². The molecule has 0 unspecified atom stereocenters. The van der Waals surface area contributed by atoms with Crippen LogP contribution in [0.3, 0.4) is 0 Å². The highest BCUT2D eigenvalue weighted by atomic mass is 19.1. The van der Waals surface area contributed by atoms with Gasteiger partial charge in [-0.15, -0.1) is 0 Å². The molecular weight excluding hydrogens is 377 g/mol. The number of carbonyl (C=O) groups is 1. The summed E-state index contributed by atoms with van der Waals surface area (Å²) in [6, 6.07) is 10.7. The van der Waals surface area contributed by atoms with Crippen molar-refractivity contribution in [2.45, 2.75) is 6.54 Å². The molecule has 1 amide bonds. The van der Waals surface area contributed by atoms with Crippen LogP contribution in [0.4, 0.5) is 9.18 Å². The molecule has 0 atom stereocenters. The van der Waals surface area contributed by atoms with Gasteiger partial charge in [-0.2, -0.15) is 5.10 Å². The Kier molecular flexibility index (Phi) is 6.17. The second kappa shape index (κ2) is 9.14. The molecule has 0 radical (unpaired) electrons. The van der Waals surface area contributed by atoms with Crippen LogP contribution in [-0.2, 0) is 11.3 Å². The van der Waals surface area contributed by atoms with Crippen molar-refractivity contribution in [2.75, 3.05) is 6.61 Å². The number of amides is 1. The molecule has 0 spiro atoms. The minimum Gasteiger partial charge on any atom is -0.445 e. The van der Waals surface area contributed by atoms with Crippen molar-refractivity contribution in [1.29, 1.82) is 0 Å². The maximum absolute atomic E-state index is 13.0. The van der Waals surface area contributed by atoms with Gasteiger partial charge in [0.2, 0.25) is 0 Å². The third kappa shape index (κ3) is 5.17. The average molecular weight is 393 g/mol. The van der Waals surface area contributed by atoms with Gasteiger partial charge < -0.3 is 10.5 Å². The van der Waals surface area contributed by atoms with E-state index in [1.807, 2.05) is 12.1 Å². The van der Waals surface area contributed by atoms with Gasteiger partial charge in [-0.05, 0) is 30.3 Å². The predicted octanol–water partition coefficient (Wildman–Crippen LogP) is 1.78. The van der Waals surface area contributed by atoms with Gasteiger partial charge in [0.25, 0.3) is 0 Å². The van der Waals surface area contributed by atoms with Crippen LogP contribution < -0.4 is 11.4 Å². The molecule has 8 nitrogen and oxygen atoms in total. The van der Waals surface area contributed by atoms with Crippen LogP contribution in [0, 0.1) is 11.8 Å². The number of benzene rings is 1. The zero-order chi connectivity index (χ0) is 20.6. The number of nitrogens with zero attached hydrogens (tertiary/aromatic N) is 4. The smallest absolute Gasteiger partial charge is 0.404 e. The maximum Gasteiger partial charge on any atom is 0.404 e. The predicted molar refractivity (Wildman–Crippen MR) is 103 cm³/mol. The van der Waals surface area contributed by atoms with Gasteiger partial charge in [0.1, 0.15) is 12.9 Å². The Morgan fingerprint density at radius 1 is 1.24 bits per heavy atom. The standard InChI is InChI=1S/C20H16FN5O3/c21-10-17(13-29-19(22)27)12-26-20(28)25(14-24-26)18-5-1-3-15(9-18)6-7-16-4-2-8-23-11-16/h1-5,8-11,14H,12-13H2,(H2,22,27). The van der Waals surface area contributed by atoms with Gasteiger partial charge in [-0.1, -0.05) is 17.9 Å². The van der Waals surface area contributed by atoms with E-state index in [0.29, 0.717) is 11.3 Å². The Bertz CT molecular complexity index is 1160. The lowest BCUT2D eigenvalue weighted by Gasteiger charge is -2.05. The Morgan fingerprint density at radius 3 is 2.76 bits per heavy atom. The number of aromatic nitrogens is 4. The summed E-state index contributed by atoms with van der Waals surface area (Å²) in [7, 11) is 0. The molecule has 2 N–H and O–H groups in total. The number of ether oxygens (including phenoxy) is 1. The summed E-state index contributed by atoms with van der Waals surface area (Å²) in [5.74, 6) is 6.01. The molecule has 0 saturated carbocycles. The van der Waals surface area contributed by atoms with E-state index in [4.69, 9.17) is 5.73 Å². The van der Waals surface area contributed by atoms with Gasteiger partial charge in [-0.3, -0.25) is 4.98 Å². The zero-order valence-corrected chi connectivity index (χ0v) is 15.2. The first kappa shape index (κ1) is 19.6. The molecule has 0 aliphatic heterocycles. The first-order valence-corrected chi connectivity index (χ1v) is 8.44. The fourth-order valence-corrected chi connectivity index (χ4v) is 2.41. The number of rotatable bonds is 5. The van der Waals surface area contributed by atoms with E-state index in [1.165, 1.54) is 10.9 Å². The van der Waals surface area contributed by atoms with Crippen molar-refractivity contribution in [3.8, 4) is 17.5 Å². The number of carbonyl (C=O) groups excluding carboxylic acids is 1. The van der Waals surface area contributed by atoms with Crippen LogP contribution in [0.1, 0.15) is 11.1 Å². The number of primary amides is 1. The number of nitrogens with two attached hydrogens (primary N) is 1.